The van der Waals surface area contributed by atoms with Crippen molar-refractivity contribution in [2.45, 2.75) is 44.1 Å². The molecule has 30 heavy (non-hydrogen) atoms. The number of hydrogen-bond acceptors (Lipinski definition) is 5. The van der Waals surface area contributed by atoms with Crippen LogP contribution < -0.4 is 10.1 Å². The Morgan fingerprint density at radius 2 is 1.90 bits per heavy atom. The van der Waals surface area contributed by atoms with E-state index >= 15 is 0 Å². The Morgan fingerprint density at radius 1 is 1.17 bits per heavy atom. The Balaban J connectivity index is 1.88. The fourth-order valence-electron chi connectivity index (χ4n) is 3.47. The smallest absolute Gasteiger partial charge is 0.431 e. The standard InChI is InChI=1S/C21H22F4N2O3/c1-19(2,16-9-14(22)4-5-17(16)29-3)12-20(28,21(23,24)25)27-10-15-8-13-6-7-26-11-18(13)30-15/h4-9,11,27-28H,10,12H2,1-3H3. The van der Waals surface area contributed by atoms with Crippen LogP contribution in [-0.4, -0.2) is 29.1 Å². The molecule has 162 valence electrons. The molecule has 1 atom stereocenters. The zero-order valence-electron chi connectivity index (χ0n) is 16.7. The van der Waals surface area contributed by atoms with E-state index in [2.05, 4.69) is 10.3 Å². The number of halogens is 4. The normalized spacial score (nSPS) is 14.7. The number of pyridine rings is 1. The monoisotopic (exact) mass is 426 g/mol. The molecule has 1 aromatic carbocycles. The molecule has 2 N–H and O–H groups in total. The number of aliphatic hydroxyl groups is 1. The number of alkyl halides is 3. The Morgan fingerprint density at radius 3 is 2.53 bits per heavy atom. The van der Waals surface area contributed by atoms with Crippen molar-refractivity contribution in [2.75, 3.05) is 7.11 Å². The maximum atomic E-state index is 13.9. The minimum absolute atomic E-state index is 0.210. The molecule has 0 saturated carbocycles. The number of nitrogens with one attached hydrogen (secondary N) is 1. The van der Waals surface area contributed by atoms with Crippen molar-refractivity contribution in [3.8, 4) is 5.75 Å². The third-order valence-corrected chi connectivity index (χ3v) is 4.99. The highest BCUT2D eigenvalue weighted by Gasteiger charge is 2.56. The predicted octanol–water partition coefficient (Wildman–Crippen LogP) is 4.68. The van der Waals surface area contributed by atoms with Gasteiger partial charge in [-0.15, -0.1) is 0 Å². The van der Waals surface area contributed by atoms with Crippen LogP contribution in [0.15, 0.2) is 47.1 Å². The van der Waals surface area contributed by atoms with Gasteiger partial charge in [0, 0.05) is 23.6 Å². The summed E-state index contributed by atoms with van der Waals surface area (Å²) in [4.78, 5) is 3.89. The molecule has 0 saturated heterocycles. The minimum Gasteiger partial charge on any atom is -0.496 e. The van der Waals surface area contributed by atoms with E-state index in [1.807, 2.05) is 0 Å². The fraction of sp³-hybridized carbons (Fsp3) is 0.381. The van der Waals surface area contributed by atoms with E-state index in [9.17, 15) is 22.7 Å². The van der Waals surface area contributed by atoms with E-state index in [1.165, 1.54) is 39.4 Å². The molecule has 0 radical (unpaired) electrons. The molecule has 0 fully saturated rings. The van der Waals surface area contributed by atoms with Crippen molar-refractivity contribution in [2.24, 2.45) is 0 Å². The second kappa shape index (κ2) is 7.88. The maximum absolute atomic E-state index is 13.9. The molecule has 3 aromatic rings. The van der Waals surface area contributed by atoms with Gasteiger partial charge in [0.2, 0.25) is 5.72 Å². The van der Waals surface area contributed by atoms with Crippen LogP contribution >= 0.6 is 0 Å². The van der Waals surface area contributed by atoms with Crippen LogP contribution in [0.25, 0.3) is 11.0 Å². The molecule has 2 heterocycles. The van der Waals surface area contributed by atoms with E-state index in [1.54, 1.807) is 12.1 Å². The number of ether oxygens (including phenoxy) is 1. The summed E-state index contributed by atoms with van der Waals surface area (Å²) in [5, 5.41) is 13.4. The number of rotatable bonds is 7. The first-order valence-corrected chi connectivity index (χ1v) is 9.16. The molecular weight excluding hydrogens is 404 g/mol. The average molecular weight is 426 g/mol. The molecular formula is C21H22F4N2O3. The Labute approximate surface area is 170 Å². The lowest BCUT2D eigenvalue weighted by molar-refractivity contribution is -0.280. The number of benzene rings is 1. The Bertz CT molecular complexity index is 1000. The van der Waals surface area contributed by atoms with Crippen LogP contribution in [0.4, 0.5) is 17.6 Å². The predicted molar refractivity (Wildman–Crippen MR) is 102 cm³/mol. The molecule has 0 spiro atoms. The number of hydrogen-bond donors (Lipinski definition) is 2. The Hall–Kier alpha value is -2.65. The van der Waals surface area contributed by atoms with Crippen LogP contribution in [-0.2, 0) is 12.0 Å². The lowest BCUT2D eigenvalue weighted by Crippen LogP contribution is -2.59. The highest BCUT2D eigenvalue weighted by molar-refractivity contribution is 5.76. The van der Waals surface area contributed by atoms with Gasteiger partial charge in [-0.1, -0.05) is 13.8 Å². The number of fused-ring (bicyclic) bond motifs is 1. The van der Waals surface area contributed by atoms with Crippen molar-refractivity contribution in [1.82, 2.24) is 10.3 Å². The van der Waals surface area contributed by atoms with Gasteiger partial charge >= 0.3 is 6.18 Å². The van der Waals surface area contributed by atoms with E-state index in [4.69, 9.17) is 9.15 Å². The first-order valence-electron chi connectivity index (χ1n) is 9.16. The number of nitrogens with zero attached hydrogens (tertiary/aromatic N) is 1. The molecule has 0 aliphatic rings. The van der Waals surface area contributed by atoms with Crippen molar-refractivity contribution < 1.29 is 31.8 Å². The van der Waals surface area contributed by atoms with E-state index in [-0.39, 0.29) is 23.6 Å². The van der Waals surface area contributed by atoms with E-state index in [0.29, 0.717) is 11.0 Å². The second-order valence-electron chi connectivity index (χ2n) is 7.74. The summed E-state index contributed by atoms with van der Waals surface area (Å²) in [6.07, 6.45) is -2.80. The van der Waals surface area contributed by atoms with Crippen molar-refractivity contribution in [1.29, 1.82) is 0 Å². The van der Waals surface area contributed by atoms with Crippen molar-refractivity contribution >= 4 is 11.0 Å². The molecule has 2 aromatic heterocycles. The van der Waals surface area contributed by atoms with Crippen LogP contribution in [0.5, 0.6) is 5.75 Å². The molecule has 0 aliphatic heterocycles. The summed E-state index contributed by atoms with van der Waals surface area (Å²) < 4.78 is 66.0. The number of aromatic nitrogens is 1. The maximum Gasteiger partial charge on any atom is 0.431 e. The first kappa shape index (κ1) is 22.0. The molecule has 0 aliphatic carbocycles. The van der Waals surface area contributed by atoms with Gasteiger partial charge < -0.3 is 14.3 Å². The topological polar surface area (TPSA) is 67.5 Å². The fourth-order valence-corrected chi connectivity index (χ4v) is 3.47. The number of methoxy groups -OCH3 is 1. The molecule has 0 amide bonds. The quantitative estimate of drug-likeness (QED) is 0.424. The molecule has 3 rings (SSSR count). The third-order valence-electron chi connectivity index (χ3n) is 4.99. The van der Waals surface area contributed by atoms with Crippen LogP contribution in [0.3, 0.4) is 0 Å². The highest BCUT2D eigenvalue weighted by Crippen LogP contribution is 2.42. The van der Waals surface area contributed by atoms with Gasteiger partial charge in [-0.2, -0.15) is 13.2 Å². The molecule has 1 unspecified atom stereocenters. The lowest BCUT2D eigenvalue weighted by atomic mass is 9.77. The van der Waals surface area contributed by atoms with Gasteiger partial charge in [0.15, 0.2) is 5.58 Å². The summed E-state index contributed by atoms with van der Waals surface area (Å²) in [5.74, 6) is -0.171. The molecule has 0 bridgehead atoms. The van der Waals surface area contributed by atoms with Gasteiger partial charge in [0.1, 0.15) is 17.3 Å². The summed E-state index contributed by atoms with van der Waals surface area (Å²) in [6, 6.07) is 6.85. The van der Waals surface area contributed by atoms with Crippen LogP contribution in [0, 0.1) is 5.82 Å². The molecule has 5 nitrogen and oxygen atoms in total. The summed E-state index contributed by atoms with van der Waals surface area (Å²) in [7, 11) is 1.34. The van der Waals surface area contributed by atoms with Gasteiger partial charge in [0.25, 0.3) is 0 Å². The Kier molecular flexibility index (Phi) is 5.79. The zero-order valence-corrected chi connectivity index (χ0v) is 16.7. The number of furan rings is 1. The first-order chi connectivity index (χ1) is 13.9. The average Bonchev–Trinajstić information content (AvgIpc) is 3.08. The van der Waals surface area contributed by atoms with Crippen LogP contribution in [0.2, 0.25) is 0 Å². The second-order valence-corrected chi connectivity index (χ2v) is 7.74. The minimum atomic E-state index is -5.00. The summed E-state index contributed by atoms with van der Waals surface area (Å²) in [6.45, 7) is 2.59. The third kappa shape index (κ3) is 4.41. The molecule has 9 heteroatoms. The van der Waals surface area contributed by atoms with Gasteiger partial charge in [-0.3, -0.25) is 10.3 Å². The van der Waals surface area contributed by atoms with Gasteiger partial charge in [-0.25, -0.2) is 4.39 Å². The summed E-state index contributed by atoms with van der Waals surface area (Å²) in [5.41, 5.74) is -3.91. The SMILES string of the molecule is COc1ccc(F)cc1C(C)(C)CC(O)(NCc1cc2ccncc2o1)C(F)(F)F. The summed E-state index contributed by atoms with van der Waals surface area (Å²) >= 11 is 0. The van der Waals surface area contributed by atoms with Gasteiger partial charge in [0.05, 0.1) is 19.9 Å². The highest BCUT2D eigenvalue weighted by atomic mass is 19.4. The van der Waals surface area contributed by atoms with Crippen molar-refractivity contribution in [3.63, 3.8) is 0 Å². The largest absolute Gasteiger partial charge is 0.496 e. The van der Waals surface area contributed by atoms with Crippen LogP contribution in [0.1, 0.15) is 31.6 Å². The van der Waals surface area contributed by atoms with E-state index in [0.717, 1.165) is 12.1 Å². The van der Waals surface area contributed by atoms with Crippen molar-refractivity contribution in [3.05, 3.63) is 59.9 Å². The van der Waals surface area contributed by atoms with Gasteiger partial charge in [-0.05, 0) is 35.7 Å². The van der Waals surface area contributed by atoms with E-state index < -0.39 is 29.6 Å². The lowest BCUT2D eigenvalue weighted by Gasteiger charge is -2.38. The zero-order chi connectivity index (χ0) is 22.2.